The van der Waals surface area contributed by atoms with E-state index in [1.807, 2.05) is 5.38 Å². The number of benzene rings is 1. The van der Waals surface area contributed by atoms with Crippen molar-refractivity contribution in [1.29, 1.82) is 0 Å². The zero-order chi connectivity index (χ0) is 18.6. The minimum atomic E-state index is -0.234. The summed E-state index contributed by atoms with van der Waals surface area (Å²) in [6.45, 7) is 2.13. The molecule has 6 nitrogen and oxygen atoms in total. The highest BCUT2D eigenvalue weighted by atomic mass is 32.1. The lowest BCUT2D eigenvalue weighted by atomic mass is 10.1. The molecule has 27 heavy (non-hydrogen) atoms. The van der Waals surface area contributed by atoms with Gasteiger partial charge in [0.05, 0.1) is 11.3 Å². The molecule has 4 rings (SSSR count). The van der Waals surface area contributed by atoms with E-state index in [0.717, 1.165) is 17.7 Å². The molecule has 0 atom stereocenters. The summed E-state index contributed by atoms with van der Waals surface area (Å²) in [6, 6.07) is 11.8. The average molecular weight is 375 g/mol. The monoisotopic (exact) mass is 375 g/mol. The van der Waals surface area contributed by atoms with Crippen LogP contribution in [0.2, 0.25) is 0 Å². The van der Waals surface area contributed by atoms with Crippen molar-refractivity contribution in [2.75, 3.05) is 5.32 Å². The van der Waals surface area contributed by atoms with Crippen molar-refractivity contribution in [3.05, 3.63) is 77.8 Å². The number of amides is 1. The number of nitrogens with zero attached hydrogens (tertiary/aromatic N) is 4. The van der Waals surface area contributed by atoms with E-state index in [0.29, 0.717) is 16.5 Å². The van der Waals surface area contributed by atoms with Gasteiger partial charge in [0, 0.05) is 29.5 Å². The molecule has 0 saturated heterocycles. The molecular formula is C20H17N5OS. The summed E-state index contributed by atoms with van der Waals surface area (Å²) in [7, 11) is 0. The van der Waals surface area contributed by atoms with E-state index in [9.17, 15) is 4.79 Å². The molecule has 1 amide bonds. The second-order valence-electron chi connectivity index (χ2n) is 5.92. The first kappa shape index (κ1) is 17.1. The summed E-state index contributed by atoms with van der Waals surface area (Å²) >= 11 is 1.40. The summed E-state index contributed by atoms with van der Waals surface area (Å²) in [5.41, 5.74) is 3.65. The molecule has 0 fully saturated rings. The third kappa shape index (κ3) is 3.78. The first-order chi connectivity index (χ1) is 13.2. The molecule has 0 radical (unpaired) electrons. The molecule has 1 N–H and O–H groups in total. The molecule has 1 aromatic carbocycles. The van der Waals surface area contributed by atoms with E-state index in [4.69, 9.17) is 0 Å². The van der Waals surface area contributed by atoms with Gasteiger partial charge in [-0.25, -0.2) is 15.0 Å². The number of aromatic nitrogens is 4. The number of imidazole rings is 1. The van der Waals surface area contributed by atoms with Crippen molar-refractivity contribution in [3.63, 3.8) is 0 Å². The number of aryl methyl sites for hydroxylation is 1. The van der Waals surface area contributed by atoms with E-state index in [2.05, 4.69) is 51.5 Å². The zero-order valence-electron chi connectivity index (χ0n) is 14.7. The second-order valence-corrected chi connectivity index (χ2v) is 6.78. The summed E-state index contributed by atoms with van der Waals surface area (Å²) in [4.78, 5) is 25.2. The molecule has 0 bridgehead atoms. The molecule has 3 heterocycles. The molecule has 134 valence electrons. The van der Waals surface area contributed by atoms with E-state index < -0.39 is 0 Å². The van der Waals surface area contributed by atoms with Crippen LogP contribution >= 0.6 is 11.3 Å². The van der Waals surface area contributed by atoms with Crippen LogP contribution in [0.1, 0.15) is 22.8 Å². The average Bonchev–Trinajstić information content (AvgIpc) is 3.40. The van der Waals surface area contributed by atoms with Crippen molar-refractivity contribution in [1.82, 2.24) is 19.5 Å². The Kier molecular flexibility index (Phi) is 4.76. The van der Waals surface area contributed by atoms with E-state index in [-0.39, 0.29) is 5.91 Å². The van der Waals surface area contributed by atoms with Crippen molar-refractivity contribution in [2.24, 2.45) is 0 Å². The summed E-state index contributed by atoms with van der Waals surface area (Å²) in [5.74, 6) is 0.470. The number of pyridine rings is 1. The fourth-order valence-electron chi connectivity index (χ4n) is 2.61. The first-order valence-electron chi connectivity index (χ1n) is 8.53. The smallest absolute Gasteiger partial charge is 0.259 e. The predicted octanol–water partition coefficient (Wildman–Crippen LogP) is 4.21. The highest BCUT2D eigenvalue weighted by Crippen LogP contribution is 2.25. The van der Waals surface area contributed by atoms with Gasteiger partial charge in [0.25, 0.3) is 5.91 Å². The van der Waals surface area contributed by atoms with Crippen molar-refractivity contribution in [2.45, 2.75) is 13.3 Å². The number of carbonyl (C=O) groups is 1. The Morgan fingerprint density at radius 3 is 2.70 bits per heavy atom. The highest BCUT2D eigenvalue weighted by Gasteiger charge is 2.11. The summed E-state index contributed by atoms with van der Waals surface area (Å²) in [5, 5.41) is 5.34. The van der Waals surface area contributed by atoms with Crippen molar-refractivity contribution >= 4 is 22.4 Å². The zero-order valence-corrected chi connectivity index (χ0v) is 15.5. The SMILES string of the molecule is CCc1ccc(-c2csc(NC(=O)c3ccc(-n4ccnc4)nc3)n2)cc1. The van der Waals surface area contributed by atoms with Gasteiger partial charge in [-0.15, -0.1) is 11.3 Å². The number of nitrogens with one attached hydrogen (secondary N) is 1. The minimum absolute atomic E-state index is 0.234. The van der Waals surface area contributed by atoms with Crippen LogP contribution < -0.4 is 5.32 Å². The number of rotatable bonds is 5. The van der Waals surface area contributed by atoms with Gasteiger partial charge >= 0.3 is 0 Å². The van der Waals surface area contributed by atoms with Crippen LogP contribution in [-0.2, 0) is 6.42 Å². The number of carbonyl (C=O) groups excluding carboxylic acids is 1. The van der Waals surface area contributed by atoms with Crippen LogP contribution in [-0.4, -0.2) is 25.4 Å². The van der Waals surface area contributed by atoms with Gasteiger partial charge in [-0.2, -0.15) is 0 Å². The van der Waals surface area contributed by atoms with Gasteiger partial charge in [-0.05, 0) is 24.1 Å². The van der Waals surface area contributed by atoms with Crippen LogP contribution in [0.5, 0.6) is 0 Å². The Balaban J connectivity index is 1.46. The minimum Gasteiger partial charge on any atom is -0.298 e. The topological polar surface area (TPSA) is 72.7 Å². The van der Waals surface area contributed by atoms with E-state index in [1.54, 1.807) is 41.6 Å². The largest absolute Gasteiger partial charge is 0.298 e. The van der Waals surface area contributed by atoms with Gasteiger partial charge in [0.2, 0.25) is 0 Å². The van der Waals surface area contributed by atoms with E-state index >= 15 is 0 Å². The summed E-state index contributed by atoms with van der Waals surface area (Å²) < 4.78 is 1.78. The Morgan fingerprint density at radius 1 is 1.19 bits per heavy atom. The van der Waals surface area contributed by atoms with Crippen LogP contribution in [0.15, 0.2) is 66.7 Å². The Morgan fingerprint density at radius 2 is 2.04 bits per heavy atom. The maximum Gasteiger partial charge on any atom is 0.259 e. The maximum absolute atomic E-state index is 12.4. The van der Waals surface area contributed by atoms with Gasteiger partial charge in [-0.3, -0.25) is 14.7 Å². The quantitative estimate of drug-likeness (QED) is 0.567. The molecule has 0 aliphatic rings. The molecular weight excluding hydrogens is 358 g/mol. The molecule has 3 aromatic heterocycles. The van der Waals surface area contributed by atoms with Gasteiger partial charge < -0.3 is 0 Å². The normalized spacial score (nSPS) is 10.7. The van der Waals surface area contributed by atoms with Crippen molar-refractivity contribution < 1.29 is 4.79 Å². The van der Waals surface area contributed by atoms with E-state index in [1.165, 1.54) is 16.9 Å². The molecule has 0 saturated carbocycles. The number of hydrogen-bond donors (Lipinski definition) is 1. The fraction of sp³-hybridized carbons (Fsp3) is 0.100. The fourth-order valence-corrected chi connectivity index (χ4v) is 3.33. The Labute approximate surface area is 160 Å². The predicted molar refractivity (Wildman–Crippen MR) is 106 cm³/mol. The lowest BCUT2D eigenvalue weighted by Crippen LogP contribution is -2.12. The lowest BCUT2D eigenvalue weighted by molar-refractivity contribution is 0.102. The third-order valence-electron chi connectivity index (χ3n) is 4.16. The standard InChI is InChI=1S/C20H17N5OS/c1-2-14-3-5-15(6-4-14)17-12-27-20(23-17)24-19(26)16-7-8-18(22-11-16)25-10-9-21-13-25/h3-13H,2H2,1H3,(H,23,24,26). The first-order valence-corrected chi connectivity index (χ1v) is 9.41. The molecule has 0 aliphatic carbocycles. The van der Waals surface area contributed by atoms with Crippen LogP contribution in [0.4, 0.5) is 5.13 Å². The van der Waals surface area contributed by atoms with Crippen molar-refractivity contribution in [3.8, 4) is 17.1 Å². The van der Waals surface area contributed by atoms with Gasteiger partial charge in [-0.1, -0.05) is 31.2 Å². The Hall–Kier alpha value is -3.32. The summed E-state index contributed by atoms with van der Waals surface area (Å²) in [6.07, 6.45) is 7.69. The number of thiazole rings is 1. The third-order valence-corrected chi connectivity index (χ3v) is 4.92. The molecule has 0 unspecified atom stereocenters. The maximum atomic E-state index is 12.4. The van der Waals surface area contributed by atoms with Crippen LogP contribution in [0.3, 0.4) is 0 Å². The van der Waals surface area contributed by atoms with Crippen LogP contribution in [0.25, 0.3) is 17.1 Å². The molecule has 7 heteroatoms. The number of anilines is 1. The second kappa shape index (κ2) is 7.51. The number of hydrogen-bond acceptors (Lipinski definition) is 5. The Bertz CT molecular complexity index is 1040. The molecule has 0 spiro atoms. The van der Waals surface area contributed by atoms with Crippen LogP contribution in [0, 0.1) is 0 Å². The molecule has 4 aromatic rings. The highest BCUT2D eigenvalue weighted by molar-refractivity contribution is 7.14. The lowest BCUT2D eigenvalue weighted by Gasteiger charge is -2.04. The van der Waals surface area contributed by atoms with Gasteiger partial charge in [0.1, 0.15) is 12.1 Å². The molecule has 0 aliphatic heterocycles. The van der Waals surface area contributed by atoms with Gasteiger partial charge in [0.15, 0.2) is 5.13 Å².